The largest absolute Gasteiger partial charge is 0.298 e. The molecule has 0 spiro atoms. The maximum atomic E-state index is 10.9. The fourth-order valence-electron chi connectivity index (χ4n) is 2.08. The molecule has 0 radical (unpaired) electrons. The van der Waals surface area contributed by atoms with Gasteiger partial charge in [-0.15, -0.1) is 0 Å². The van der Waals surface area contributed by atoms with Crippen molar-refractivity contribution in [2.24, 2.45) is 0 Å². The predicted octanol–water partition coefficient (Wildman–Crippen LogP) is 4.75. The van der Waals surface area contributed by atoms with Crippen LogP contribution in [0, 0.1) is 0 Å². The fraction of sp³-hybridized carbons (Fsp3) is 0.769. The second-order valence-electron chi connectivity index (χ2n) is 4.38. The van der Waals surface area contributed by atoms with Crippen LogP contribution >= 0.6 is 15.9 Å². The van der Waals surface area contributed by atoms with Crippen molar-refractivity contribution >= 4 is 22.2 Å². The molecule has 0 saturated carbocycles. The number of halogens is 1. The van der Waals surface area contributed by atoms with Gasteiger partial charge >= 0.3 is 0 Å². The van der Waals surface area contributed by atoms with Gasteiger partial charge in [-0.05, 0) is 25.7 Å². The summed E-state index contributed by atoms with van der Waals surface area (Å²) in [6.07, 6.45) is 13.5. The highest BCUT2D eigenvalue weighted by molar-refractivity contribution is 9.11. The van der Waals surface area contributed by atoms with Crippen molar-refractivity contribution in [2.75, 3.05) is 0 Å². The van der Waals surface area contributed by atoms with E-state index >= 15 is 0 Å². The summed E-state index contributed by atoms with van der Waals surface area (Å²) in [5.41, 5.74) is 0.996. The Bertz CT molecular complexity index is 221. The van der Waals surface area contributed by atoms with E-state index in [0.29, 0.717) is 0 Å². The number of hydrogen-bond donors (Lipinski definition) is 0. The first-order chi connectivity index (χ1) is 7.34. The second-order valence-corrected chi connectivity index (χ2v) is 5.33. The number of rotatable bonds is 1. The molecule has 2 heteroatoms. The van der Waals surface area contributed by atoms with Crippen LogP contribution in [-0.4, -0.2) is 6.29 Å². The van der Waals surface area contributed by atoms with Gasteiger partial charge in [0.2, 0.25) is 0 Å². The zero-order chi connectivity index (χ0) is 10.9. The highest BCUT2D eigenvalue weighted by atomic mass is 79.9. The predicted molar refractivity (Wildman–Crippen MR) is 68.2 cm³/mol. The second kappa shape index (κ2) is 8.09. The van der Waals surface area contributed by atoms with Crippen molar-refractivity contribution in [1.29, 1.82) is 0 Å². The Morgan fingerprint density at radius 2 is 1.27 bits per heavy atom. The van der Waals surface area contributed by atoms with Gasteiger partial charge < -0.3 is 0 Å². The topological polar surface area (TPSA) is 17.1 Å². The zero-order valence-corrected chi connectivity index (χ0v) is 11.0. The van der Waals surface area contributed by atoms with E-state index in [2.05, 4.69) is 15.9 Å². The molecule has 0 saturated heterocycles. The molecule has 1 rings (SSSR count). The summed E-state index contributed by atoms with van der Waals surface area (Å²) in [4.78, 5) is 10.9. The normalized spacial score (nSPS) is 21.7. The van der Waals surface area contributed by atoms with Gasteiger partial charge in [-0.2, -0.15) is 0 Å². The van der Waals surface area contributed by atoms with Gasteiger partial charge in [-0.1, -0.05) is 54.5 Å². The highest BCUT2D eigenvalue weighted by Gasteiger charge is 2.05. The summed E-state index contributed by atoms with van der Waals surface area (Å²) in [7, 11) is 0. The molecule has 86 valence electrons. The number of carbonyl (C=O) groups excluding carboxylic acids is 1. The molecule has 1 aliphatic carbocycles. The maximum absolute atomic E-state index is 10.9. The summed E-state index contributed by atoms with van der Waals surface area (Å²) < 4.78 is 1.15. The number of carbonyl (C=O) groups is 1. The Labute approximate surface area is 101 Å². The van der Waals surface area contributed by atoms with Gasteiger partial charge in [0.25, 0.3) is 0 Å². The molecule has 0 aromatic heterocycles. The van der Waals surface area contributed by atoms with Gasteiger partial charge in [0.15, 0.2) is 0 Å². The molecule has 0 heterocycles. The fourth-order valence-corrected chi connectivity index (χ4v) is 2.65. The third kappa shape index (κ3) is 5.50. The number of hydrogen-bond acceptors (Lipinski definition) is 1. The molecule has 0 fully saturated rings. The van der Waals surface area contributed by atoms with E-state index in [0.717, 1.165) is 29.2 Å². The highest BCUT2D eigenvalue weighted by Crippen LogP contribution is 2.24. The summed E-state index contributed by atoms with van der Waals surface area (Å²) in [6, 6.07) is 0. The van der Waals surface area contributed by atoms with Crippen LogP contribution in [0.25, 0.3) is 0 Å². The molecule has 0 aromatic rings. The van der Waals surface area contributed by atoms with Crippen LogP contribution in [0.3, 0.4) is 0 Å². The lowest BCUT2D eigenvalue weighted by Gasteiger charge is -2.08. The van der Waals surface area contributed by atoms with Crippen LogP contribution in [0.4, 0.5) is 0 Å². The zero-order valence-electron chi connectivity index (χ0n) is 9.43. The maximum Gasteiger partial charge on any atom is 0.146 e. The van der Waals surface area contributed by atoms with Crippen LogP contribution in [-0.2, 0) is 4.79 Å². The molecule has 1 nitrogen and oxygen atoms in total. The van der Waals surface area contributed by atoms with Crippen LogP contribution in [0.5, 0.6) is 0 Å². The molecule has 0 unspecified atom stereocenters. The lowest BCUT2D eigenvalue weighted by molar-refractivity contribution is -0.105. The Hall–Kier alpha value is -0.110. The van der Waals surface area contributed by atoms with E-state index < -0.39 is 0 Å². The van der Waals surface area contributed by atoms with Crippen molar-refractivity contribution < 1.29 is 4.79 Å². The number of aldehydes is 1. The van der Waals surface area contributed by atoms with E-state index in [1.807, 2.05) is 0 Å². The first-order valence-corrected chi connectivity index (χ1v) is 6.96. The molecule has 0 aliphatic heterocycles. The van der Waals surface area contributed by atoms with Crippen molar-refractivity contribution in [3.63, 3.8) is 0 Å². The van der Waals surface area contributed by atoms with Crippen LogP contribution in [0.15, 0.2) is 10.1 Å². The molecule has 0 N–H and O–H groups in total. The van der Waals surface area contributed by atoms with Gasteiger partial charge in [-0.25, -0.2) is 0 Å². The quantitative estimate of drug-likeness (QED) is 0.630. The Morgan fingerprint density at radius 3 is 1.80 bits per heavy atom. The van der Waals surface area contributed by atoms with Crippen molar-refractivity contribution in [3.05, 3.63) is 10.1 Å². The van der Waals surface area contributed by atoms with Gasteiger partial charge in [0.1, 0.15) is 6.29 Å². The summed E-state index contributed by atoms with van der Waals surface area (Å²) in [5.74, 6) is 0. The van der Waals surface area contributed by atoms with E-state index in [4.69, 9.17) is 0 Å². The van der Waals surface area contributed by atoms with Gasteiger partial charge in [0, 0.05) is 10.1 Å². The summed E-state index contributed by atoms with van der Waals surface area (Å²) in [5, 5.41) is 0. The van der Waals surface area contributed by atoms with Gasteiger partial charge in [-0.3, -0.25) is 4.79 Å². The first kappa shape index (κ1) is 13.0. The minimum Gasteiger partial charge on any atom is -0.298 e. The van der Waals surface area contributed by atoms with Crippen molar-refractivity contribution in [3.8, 4) is 0 Å². The SMILES string of the molecule is O=CC1=C(Br)CCCCCCCCCC1. The monoisotopic (exact) mass is 272 g/mol. The minimum atomic E-state index is 0.962. The molecule has 0 bridgehead atoms. The molecular formula is C13H21BrO. The lowest BCUT2D eigenvalue weighted by atomic mass is 10.0. The lowest BCUT2D eigenvalue weighted by Crippen LogP contribution is -1.92. The average Bonchev–Trinajstić information content (AvgIpc) is 2.23. The Morgan fingerprint density at radius 1 is 0.800 bits per heavy atom. The molecule has 0 amide bonds. The molecule has 0 aromatic carbocycles. The van der Waals surface area contributed by atoms with E-state index in [9.17, 15) is 4.79 Å². The molecule has 1 aliphatic rings. The summed E-state index contributed by atoms with van der Waals surface area (Å²) in [6.45, 7) is 0. The standard InChI is InChI=1S/C13H21BrO/c14-13-10-8-6-4-2-1-3-5-7-9-12(13)11-15/h11H,1-10H2. The third-order valence-electron chi connectivity index (χ3n) is 3.08. The minimum absolute atomic E-state index is 0.962. The Kier molecular flexibility index (Phi) is 6.99. The molecular weight excluding hydrogens is 252 g/mol. The third-order valence-corrected chi connectivity index (χ3v) is 3.99. The van der Waals surface area contributed by atoms with E-state index in [-0.39, 0.29) is 0 Å². The summed E-state index contributed by atoms with van der Waals surface area (Å²) >= 11 is 3.55. The van der Waals surface area contributed by atoms with Gasteiger partial charge in [0.05, 0.1) is 0 Å². The first-order valence-electron chi connectivity index (χ1n) is 6.17. The smallest absolute Gasteiger partial charge is 0.146 e. The molecule has 15 heavy (non-hydrogen) atoms. The average molecular weight is 273 g/mol. The van der Waals surface area contributed by atoms with Crippen molar-refractivity contribution in [1.82, 2.24) is 0 Å². The molecule has 0 atom stereocenters. The Balaban J connectivity index is 2.49. The van der Waals surface area contributed by atoms with Crippen LogP contribution < -0.4 is 0 Å². The van der Waals surface area contributed by atoms with E-state index in [1.54, 1.807) is 0 Å². The number of allylic oxidation sites excluding steroid dienone is 2. The van der Waals surface area contributed by atoms with Crippen molar-refractivity contribution in [2.45, 2.75) is 64.2 Å². The van der Waals surface area contributed by atoms with Crippen LogP contribution in [0.1, 0.15) is 64.2 Å². The van der Waals surface area contributed by atoms with Crippen LogP contribution in [0.2, 0.25) is 0 Å². The van der Waals surface area contributed by atoms with E-state index in [1.165, 1.54) is 51.4 Å².